The van der Waals surface area contributed by atoms with Crippen molar-refractivity contribution in [3.63, 3.8) is 0 Å². The van der Waals surface area contributed by atoms with E-state index in [2.05, 4.69) is 40.4 Å². The minimum absolute atomic E-state index is 0.0706. The monoisotopic (exact) mass is 302 g/mol. The predicted molar refractivity (Wildman–Crippen MR) is 83.2 cm³/mol. The Morgan fingerprint density at radius 3 is 2.30 bits per heavy atom. The average molecular weight is 302 g/mol. The highest BCUT2D eigenvalue weighted by atomic mass is 28.4. The van der Waals surface area contributed by atoms with E-state index in [0.29, 0.717) is 6.61 Å². The predicted octanol–water partition coefficient (Wildman–Crippen LogP) is 3.08. The van der Waals surface area contributed by atoms with E-state index in [1.807, 2.05) is 13.8 Å². The Hall–Kier alpha value is -0.203. The van der Waals surface area contributed by atoms with Crippen molar-refractivity contribution in [2.24, 2.45) is 0 Å². The van der Waals surface area contributed by atoms with Crippen LogP contribution in [0.3, 0.4) is 0 Å². The molecule has 0 aromatic rings. The van der Waals surface area contributed by atoms with Crippen molar-refractivity contribution in [2.45, 2.75) is 76.8 Å². The molecule has 1 rings (SSSR count). The van der Waals surface area contributed by atoms with E-state index >= 15 is 0 Å². The molecule has 1 N–H and O–H groups in total. The highest BCUT2D eigenvalue weighted by Crippen LogP contribution is 2.39. The first kappa shape index (κ1) is 17.8. The van der Waals surface area contributed by atoms with Crippen LogP contribution in [0.15, 0.2) is 12.7 Å². The molecule has 0 aliphatic carbocycles. The molecule has 1 aliphatic rings. The molecule has 0 amide bonds. The topological polar surface area (TPSA) is 47.9 Å². The van der Waals surface area contributed by atoms with Gasteiger partial charge in [-0.15, -0.1) is 6.58 Å². The summed E-state index contributed by atoms with van der Waals surface area (Å²) < 4.78 is 17.8. The van der Waals surface area contributed by atoms with Crippen molar-refractivity contribution in [1.82, 2.24) is 0 Å². The van der Waals surface area contributed by atoms with Crippen LogP contribution in [0, 0.1) is 0 Å². The van der Waals surface area contributed by atoms with Crippen LogP contribution in [0.4, 0.5) is 0 Å². The van der Waals surface area contributed by atoms with Gasteiger partial charge in [0.25, 0.3) is 0 Å². The molecule has 20 heavy (non-hydrogen) atoms. The SMILES string of the molecule is C=C[C@H](O)[C@H](O[Si](C)(C)C(C)(C)C)[C@H]1COC(C)(C)O1. The summed E-state index contributed by atoms with van der Waals surface area (Å²) in [7, 11) is -2.00. The molecule has 4 nitrogen and oxygen atoms in total. The molecule has 0 radical (unpaired) electrons. The largest absolute Gasteiger partial charge is 0.408 e. The Morgan fingerprint density at radius 1 is 1.40 bits per heavy atom. The zero-order chi connectivity index (χ0) is 15.8. The Bertz CT molecular complexity index is 346. The molecule has 3 atom stereocenters. The number of aliphatic hydroxyl groups is 1. The normalized spacial score (nSPS) is 26.3. The average Bonchev–Trinajstić information content (AvgIpc) is 2.64. The van der Waals surface area contributed by atoms with Crippen LogP contribution in [0.1, 0.15) is 34.6 Å². The standard InChI is InChI=1S/C15H30O4Si/c1-9-11(16)13(12-10-17-15(5,6)18-12)19-20(7,8)14(2,3)4/h9,11-13,16H,1,10H2,2-8H3/t11-,12+,13-/m0/s1. The van der Waals surface area contributed by atoms with Gasteiger partial charge in [0.2, 0.25) is 0 Å². The molecule has 0 saturated carbocycles. The van der Waals surface area contributed by atoms with Crippen LogP contribution < -0.4 is 0 Å². The third-order valence-corrected chi connectivity index (χ3v) is 8.69. The second-order valence-electron chi connectivity index (χ2n) is 7.44. The summed E-state index contributed by atoms with van der Waals surface area (Å²) in [5.41, 5.74) is 0. The van der Waals surface area contributed by atoms with E-state index in [9.17, 15) is 5.11 Å². The maximum atomic E-state index is 10.2. The zero-order valence-electron chi connectivity index (χ0n) is 13.9. The molecule has 0 unspecified atom stereocenters. The van der Waals surface area contributed by atoms with Crippen molar-refractivity contribution in [3.05, 3.63) is 12.7 Å². The van der Waals surface area contributed by atoms with Gasteiger partial charge in [0.1, 0.15) is 12.2 Å². The molecular weight excluding hydrogens is 272 g/mol. The van der Waals surface area contributed by atoms with Gasteiger partial charge >= 0.3 is 0 Å². The summed E-state index contributed by atoms with van der Waals surface area (Å²) >= 11 is 0. The van der Waals surface area contributed by atoms with Crippen LogP contribution in [0.2, 0.25) is 18.1 Å². The Balaban J connectivity index is 2.89. The van der Waals surface area contributed by atoms with E-state index < -0.39 is 26.3 Å². The van der Waals surface area contributed by atoms with Gasteiger partial charge in [-0.05, 0) is 32.0 Å². The van der Waals surface area contributed by atoms with Gasteiger partial charge in [-0.2, -0.15) is 0 Å². The maximum Gasteiger partial charge on any atom is 0.192 e. The highest BCUT2D eigenvalue weighted by molar-refractivity contribution is 6.74. The van der Waals surface area contributed by atoms with E-state index in [1.165, 1.54) is 6.08 Å². The summed E-state index contributed by atoms with van der Waals surface area (Å²) in [5, 5.41) is 10.3. The first-order valence-electron chi connectivity index (χ1n) is 7.20. The van der Waals surface area contributed by atoms with Crippen molar-refractivity contribution < 1.29 is 19.0 Å². The second-order valence-corrected chi connectivity index (χ2v) is 12.2. The van der Waals surface area contributed by atoms with Crippen LogP contribution in [0.5, 0.6) is 0 Å². The summed E-state index contributed by atoms with van der Waals surface area (Å²) in [6.45, 7) is 18.7. The van der Waals surface area contributed by atoms with E-state index in [4.69, 9.17) is 13.9 Å². The molecule has 1 saturated heterocycles. The maximum absolute atomic E-state index is 10.2. The minimum atomic E-state index is -2.00. The number of rotatable bonds is 5. The molecular formula is C15H30O4Si. The quantitative estimate of drug-likeness (QED) is 0.626. The van der Waals surface area contributed by atoms with Crippen molar-refractivity contribution in [3.8, 4) is 0 Å². The Kier molecular flexibility index (Phi) is 5.25. The first-order chi connectivity index (χ1) is 8.89. The number of aliphatic hydroxyl groups excluding tert-OH is 1. The number of hydrogen-bond acceptors (Lipinski definition) is 4. The van der Waals surface area contributed by atoms with Gasteiger partial charge in [-0.3, -0.25) is 0 Å². The minimum Gasteiger partial charge on any atom is -0.408 e. The summed E-state index contributed by atoms with van der Waals surface area (Å²) in [6.07, 6.45) is 0.0425. The van der Waals surface area contributed by atoms with Crippen molar-refractivity contribution in [1.29, 1.82) is 0 Å². The number of hydrogen-bond donors (Lipinski definition) is 1. The fourth-order valence-electron chi connectivity index (χ4n) is 1.89. The molecule has 0 spiro atoms. The molecule has 0 aromatic carbocycles. The molecule has 118 valence electrons. The van der Waals surface area contributed by atoms with E-state index in [0.717, 1.165) is 0 Å². The summed E-state index contributed by atoms with van der Waals surface area (Å²) in [4.78, 5) is 0. The fourth-order valence-corrected chi connectivity index (χ4v) is 3.22. The van der Waals surface area contributed by atoms with Crippen LogP contribution in [-0.4, -0.2) is 44.1 Å². The fraction of sp³-hybridized carbons (Fsp3) is 0.867. The molecule has 1 heterocycles. The van der Waals surface area contributed by atoms with E-state index in [-0.39, 0.29) is 11.1 Å². The van der Waals surface area contributed by atoms with Crippen LogP contribution in [-0.2, 0) is 13.9 Å². The lowest BCUT2D eigenvalue weighted by molar-refractivity contribution is -0.155. The molecule has 0 bridgehead atoms. The lowest BCUT2D eigenvalue weighted by atomic mass is 10.1. The van der Waals surface area contributed by atoms with Gasteiger partial charge in [0.15, 0.2) is 14.1 Å². The third-order valence-electron chi connectivity index (χ3n) is 4.21. The Labute approximate surface area is 124 Å². The van der Waals surface area contributed by atoms with E-state index in [1.54, 1.807) is 0 Å². The molecule has 0 aromatic heterocycles. The molecule has 1 fully saturated rings. The molecule has 5 heteroatoms. The zero-order valence-corrected chi connectivity index (χ0v) is 14.9. The van der Waals surface area contributed by atoms with Gasteiger partial charge in [0, 0.05) is 0 Å². The van der Waals surface area contributed by atoms with Gasteiger partial charge in [-0.25, -0.2) is 0 Å². The molecule has 1 aliphatic heterocycles. The Morgan fingerprint density at radius 2 is 1.95 bits per heavy atom. The smallest absolute Gasteiger partial charge is 0.192 e. The first-order valence-corrected chi connectivity index (χ1v) is 10.1. The van der Waals surface area contributed by atoms with Crippen molar-refractivity contribution >= 4 is 8.32 Å². The summed E-state index contributed by atoms with van der Waals surface area (Å²) in [6, 6.07) is 0. The second kappa shape index (κ2) is 5.89. The van der Waals surface area contributed by atoms with Gasteiger partial charge in [0.05, 0.1) is 12.7 Å². The highest BCUT2D eigenvalue weighted by Gasteiger charge is 2.46. The third kappa shape index (κ3) is 4.15. The lowest BCUT2D eigenvalue weighted by Gasteiger charge is -2.41. The summed E-state index contributed by atoms with van der Waals surface area (Å²) in [5.74, 6) is -0.624. The lowest BCUT2D eigenvalue weighted by Crippen LogP contribution is -2.51. The van der Waals surface area contributed by atoms with Gasteiger partial charge < -0.3 is 19.0 Å². The van der Waals surface area contributed by atoms with Crippen LogP contribution in [0.25, 0.3) is 0 Å². The van der Waals surface area contributed by atoms with Gasteiger partial charge in [-0.1, -0.05) is 26.8 Å². The number of ether oxygens (including phenoxy) is 2. The van der Waals surface area contributed by atoms with Crippen molar-refractivity contribution in [2.75, 3.05) is 6.61 Å². The van der Waals surface area contributed by atoms with Crippen LogP contribution >= 0.6 is 0 Å².